The molecular weight excluding hydrogens is 338 g/mol. The van der Waals surface area contributed by atoms with Gasteiger partial charge in [-0.05, 0) is 24.8 Å². The lowest BCUT2D eigenvalue weighted by Crippen LogP contribution is -2.53. The summed E-state index contributed by atoms with van der Waals surface area (Å²) < 4.78 is 5.27. The lowest BCUT2D eigenvalue weighted by atomic mass is 10.1. The third kappa shape index (κ3) is 3.24. The van der Waals surface area contributed by atoms with E-state index in [9.17, 15) is 5.11 Å². The van der Waals surface area contributed by atoms with Crippen LogP contribution in [-0.2, 0) is 6.54 Å². The Bertz CT molecular complexity index is 835. The molecule has 1 saturated heterocycles. The van der Waals surface area contributed by atoms with Crippen molar-refractivity contribution in [1.82, 2.24) is 20.0 Å². The van der Waals surface area contributed by atoms with E-state index in [-0.39, 0.29) is 12.6 Å². The molecule has 0 aromatic carbocycles. The molecule has 0 spiro atoms. The van der Waals surface area contributed by atoms with Gasteiger partial charge >= 0.3 is 0 Å². The second-order valence-electron chi connectivity index (χ2n) is 6.31. The minimum absolute atomic E-state index is 0.185. The zero-order valence-corrected chi connectivity index (χ0v) is 14.9. The van der Waals surface area contributed by atoms with E-state index in [1.807, 2.05) is 6.92 Å². The average Bonchev–Trinajstić information content (AvgIpc) is 3.27. The molecule has 0 aliphatic carbocycles. The van der Waals surface area contributed by atoms with Gasteiger partial charge in [0.15, 0.2) is 0 Å². The van der Waals surface area contributed by atoms with Crippen molar-refractivity contribution in [1.29, 1.82) is 0 Å². The lowest BCUT2D eigenvalue weighted by molar-refractivity contribution is 0.136. The van der Waals surface area contributed by atoms with Gasteiger partial charge in [0.1, 0.15) is 17.5 Å². The lowest BCUT2D eigenvalue weighted by Gasteiger charge is -2.41. The van der Waals surface area contributed by atoms with Gasteiger partial charge in [0.05, 0.1) is 5.69 Å². The summed E-state index contributed by atoms with van der Waals surface area (Å²) in [6.45, 7) is 5.66. The highest BCUT2D eigenvalue weighted by molar-refractivity contribution is 7.09. The van der Waals surface area contributed by atoms with Crippen molar-refractivity contribution in [2.75, 3.05) is 31.1 Å². The summed E-state index contributed by atoms with van der Waals surface area (Å²) in [6.07, 6.45) is 2.28. The van der Waals surface area contributed by atoms with Crippen LogP contribution in [0.4, 0.5) is 5.82 Å². The summed E-state index contributed by atoms with van der Waals surface area (Å²) in [6, 6.07) is 4.54. The highest BCUT2D eigenvalue weighted by atomic mass is 32.1. The molecule has 8 heteroatoms. The van der Waals surface area contributed by atoms with E-state index in [4.69, 9.17) is 4.52 Å². The first kappa shape index (κ1) is 16.4. The number of fused-ring (bicyclic) bond motifs is 1. The molecular formula is C17H21N5O2S. The van der Waals surface area contributed by atoms with E-state index in [1.165, 1.54) is 11.2 Å². The quantitative estimate of drug-likeness (QED) is 0.747. The third-order valence-electron chi connectivity index (χ3n) is 4.73. The molecule has 4 rings (SSSR count). The first-order valence-corrected chi connectivity index (χ1v) is 9.33. The Balaban J connectivity index is 1.57. The number of hydrogen-bond donors (Lipinski definition) is 1. The first-order valence-electron chi connectivity index (χ1n) is 8.45. The van der Waals surface area contributed by atoms with Crippen molar-refractivity contribution >= 4 is 28.3 Å². The van der Waals surface area contributed by atoms with E-state index in [0.29, 0.717) is 5.71 Å². The monoisotopic (exact) mass is 359 g/mol. The maximum atomic E-state index is 9.51. The number of aliphatic hydroxyl groups is 1. The predicted molar refractivity (Wildman–Crippen MR) is 96.8 cm³/mol. The van der Waals surface area contributed by atoms with Gasteiger partial charge in [-0.1, -0.05) is 11.2 Å². The molecule has 1 unspecified atom stereocenters. The van der Waals surface area contributed by atoms with Crippen LogP contribution in [0.3, 0.4) is 0 Å². The molecule has 3 aromatic heterocycles. The fourth-order valence-electron chi connectivity index (χ4n) is 3.46. The summed E-state index contributed by atoms with van der Waals surface area (Å²) in [7, 11) is 0. The van der Waals surface area contributed by atoms with E-state index in [2.05, 4.69) is 42.4 Å². The molecule has 3 aromatic rings. The summed E-state index contributed by atoms with van der Waals surface area (Å²) >= 11 is 1.78. The number of aromatic nitrogens is 3. The second-order valence-corrected chi connectivity index (χ2v) is 7.34. The predicted octanol–water partition coefficient (Wildman–Crippen LogP) is 2.06. The van der Waals surface area contributed by atoms with Crippen LogP contribution in [0.5, 0.6) is 0 Å². The Morgan fingerprint density at radius 2 is 2.28 bits per heavy atom. The summed E-state index contributed by atoms with van der Waals surface area (Å²) in [4.78, 5) is 14.7. The van der Waals surface area contributed by atoms with Crippen LogP contribution >= 0.6 is 11.3 Å². The molecule has 1 aliphatic rings. The van der Waals surface area contributed by atoms with Crippen molar-refractivity contribution in [3.8, 4) is 0 Å². The normalized spacial score (nSPS) is 19.0. The number of rotatable bonds is 5. The molecule has 7 nitrogen and oxygen atoms in total. The number of thiophene rings is 1. The van der Waals surface area contributed by atoms with Crippen molar-refractivity contribution in [3.05, 3.63) is 34.4 Å². The molecule has 1 N–H and O–H groups in total. The van der Waals surface area contributed by atoms with Gasteiger partial charge in [0.25, 0.3) is 5.71 Å². The fourth-order valence-corrected chi connectivity index (χ4v) is 4.19. The number of aryl methyl sites for hydroxylation is 1. The van der Waals surface area contributed by atoms with E-state index >= 15 is 0 Å². The molecule has 1 aliphatic heterocycles. The Hall–Kier alpha value is -2.03. The number of aliphatic hydroxyl groups excluding tert-OH is 1. The molecule has 25 heavy (non-hydrogen) atoms. The van der Waals surface area contributed by atoms with Crippen molar-refractivity contribution in [3.63, 3.8) is 0 Å². The van der Waals surface area contributed by atoms with Gasteiger partial charge in [-0.2, -0.15) is 4.98 Å². The molecule has 1 atom stereocenters. The largest absolute Gasteiger partial charge is 0.396 e. The van der Waals surface area contributed by atoms with Crippen molar-refractivity contribution < 1.29 is 9.63 Å². The topological polar surface area (TPSA) is 78.5 Å². The number of nitrogens with zero attached hydrogens (tertiary/aromatic N) is 5. The van der Waals surface area contributed by atoms with Crippen LogP contribution in [0.15, 0.2) is 28.4 Å². The van der Waals surface area contributed by atoms with Gasteiger partial charge in [0.2, 0.25) is 0 Å². The second kappa shape index (κ2) is 7.07. The Morgan fingerprint density at radius 1 is 1.36 bits per heavy atom. The van der Waals surface area contributed by atoms with Gasteiger partial charge in [-0.25, -0.2) is 4.98 Å². The summed E-state index contributed by atoms with van der Waals surface area (Å²) in [5.41, 5.74) is 1.34. The van der Waals surface area contributed by atoms with Crippen LogP contribution < -0.4 is 4.90 Å². The summed E-state index contributed by atoms with van der Waals surface area (Å²) in [5.74, 6) is 0.877. The third-order valence-corrected chi connectivity index (χ3v) is 5.59. The molecule has 0 bridgehead atoms. The Kier molecular flexibility index (Phi) is 4.65. The first-order chi connectivity index (χ1) is 12.3. The van der Waals surface area contributed by atoms with Crippen LogP contribution in [-0.4, -0.2) is 57.4 Å². The van der Waals surface area contributed by atoms with Gasteiger partial charge < -0.3 is 14.5 Å². The zero-order chi connectivity index (χ0) is 17.2. The van der Waals surface area contributed by atoms with Crippen LogP contribution in [0.1, 0.15) is 17.0 Å². The maximum Gasteiger partial charge on any atom is 0.263 e. The highest BCUT2D eigenvalue weighted by Gasteiger charge is 2.29. The highest BCUT2D eigenvalue weighted by Crippen LogP contribution is 2.28. The maximum absolute atomic E-state index is 9.51. The number of anilines is 1. The average molecular weight is 359 g/mol. The SMILES string of the molecule is Cc1noc2ncnc(N3CCN(Cc4cccs4)C(CCO)C3)c12. The van der Waals surface area contributed by atoms with Gasteiger partial charge in [-0.15, -0.1) is 11.3 Å². The van der Waals surface area contributed by atoms with E-state index < -0.39 is 0 Å². The molecule has 0 amide bonds. The smallest absolute Gasteiger partial charge is 0.263 e. The van der Waals surface area contributed by atoms with Crippen molar-refractivity contribution in [2.45, 2.75) is 25.9 Å². The van der Waals surface area contributed by atoms with Crippen LogP contribution in [0.2, 0.25) is 0 Å². The van der Waals surface area contributed by atoms with Crippen LogP contribution in [0, 0.1) is 6.92 Å². The van der Waals surface area contributed by atoms with Gasteiger partial charge in [-0.3, -0.25) is 4.90 Å². The number of hydrogen-bond acceptors (Lipinski definition) is 8. The molecule has 0 saturated carbocycles. The van der Waals surface area contributed by atoms with E-state index in [0.717, 1.165) is 49.5 Å². The van der Waals surface area contributed by atoms with Crippen molar-refractivity contribution in [2.24, 2.45) is 0 Å². The Morgan fingerprint density at radius 3 is 3.08 bits per heavy atom. The fraction of sp³-hybridized carbons (Fsp3) is 0.471. The standard InChI is InChI=1S/C17H21N5O2S/c1-12-15-16(18-11-19-17(15)24-20-12)22-6-5-21(13(9-22)4-7-23)10-14-3-2-8-25-14/h2-3,8,11,13,23H,4-7,9-10H2,1H3. The Labute approximate surface area is 149 Å². The minimum Gasteiger partial charge on any atom is -0.396 e. The van der Waals surface area contributed by atoms with Gasteiger partial charge in [0, 0.05) is 43.7 Å². The molecule has 0 radical (unpaired) electrons. The molecule has 132 valence electrons. The number of piperazine rings is 1. The zero-order valence-electron chi connectivity index (χ0n) is 14.1. The minimum atomic E-state index is 0.185. The van der Waals surface area contributed by atoms with Crippen LogP contribution in [0.25, 0.3) is 11.1 Å². The van der Waals surface area contributed by atoms with E-state index in [1.54, 1.807) is 11.3 Å². The molecule has 1 fully saturated rings. The molecule has 4 heterocycles. The summed E-state index contributed by atoms with van der Waals surface area (Å²) in [5, 5.41) is 16.5.